The molecule has 0 aliphatic heterocycles. The molecule has 1 fully saturated rings. The van der Waals surface area contributed by atoms with E-state index in [4.69, 9.17) is 0 Å². The molecule has 1 aliphatic rings. The van der Waals surface area contributed by atoms with E-state index in [-0.39, 0.29) is 0 Å². The molecular formula is C18H36O2. The summed E-state index contributed by atoms with van der Waals surface area (Å²) in [5.74, 6) is 1.93. The van der Waals surface area contributed by atoms with E-state index in [1.807, 2.05) is 13.8 Å². The van der Waals surface area contributed by atoms with Gasteiger partial charge in [0.05, 0.1) is 5.60 Å². The normalized spacial score (nSPS) is 32.5. The molecule has 20 heavy (non-hydrogen) atoms. The van der Waals surface area contributed by atoms with Crippen molar-refractivity contribution in [1.82, 2.24) is 0 Å². The van der Waals surface area contributed by atoms with Crippen molar-refractivity contribution in [3.8, 4) is 0 Å². The molecule has 2 nitrogen and oxygen atoms in total. The Balaban J connectivity index is 2.59. The third kappa shape index (κ3) is 4.46. The Morgan fingerprint density at radius 3 is 2.45 bits per heavy atom. The Bertz CT molecular complexity index is 282. The van der Waals surface area contributed by atoms with Gasteiger partial charge in [-0.2, -0.15) is 0 Å². The number of aliphatic hydroxyl groups is 2. The maximum absolute atomic E-state index is 9.83. The van der Waals surface area contributed by atoms with Gasteiger partial charge in [0, 0.05) is 6.61 Å². The van der Waals surface area contributed by atoms with Gasteiger partial charge in [-0.15, -0.1) is 0 Å². The van der Waals surface area contributed by atoms with Gasteiger partial charge in [-0.1, -0.05) is 40.0 Å². The van der Waals surface area contributed by atoms with Crippen LogP contribution in [-0.4, -0.2) is 22.4 Å². The summed E-state index contributed by atoms with van der Waals surface area (Å²) in [7, 11) is 0. The zero-order chi connectivity index (χ0) is 15.4. The number of hydrogen-bond acceptors (Lipinski definition) is 2. The van der Waals surface area contributed by atoms with E-state index in [1.165, 1.54) is 32.1 Å². The fourth-order valence-electron chi connectivity index (χ4n) is 4.56. The number of hydrogen-bond donors (Lipinski definition) is 2. The van der Waals surface area contributed by atoms with Gasteiger partial charge >= 0.3 is 0 Å². The molecule has 0 aromatic carbocycles. The average Bonchev–Trinajstić information content (AvgIpc) is 2.64. The highest BCUT2D eigenvalue weighted by atomic mass is 16.3. The first kappa shape index (κ1) is 18.0. The molecule has 0 amide bonds. The fraction of sp³-hybridized carbons (Fsp3) is 1.00. The van der Waals surface area contributed by atoms with Gasteiger partial charge in [0.25, 0.3) is 0 Å². The lowest BCUT2D eigenvalue weighted by Crippen LogP contribution is -2.34. The van der Waals surface area contributed by atoms with Crippen molar-refractivity contribution in [2.24, 2.45) is 23.2 Å². The van der Waals surface area contributed by atoms with E-state index in [0.717, 1.165) is 18.8 Å². The van der Waals surface area contributed by atoms with Crippen molar-refractivity contribution in [2.45, 2.75) is 85.2 Å². The first-order valence-corrected chi connectivity index (χ1v) is 8.58. The molecule has 2 heteroatoms. The largest absolute Gasteiger partial charge is 0.396 e. The van der Waals surface area contributed by atoms with Crippen molar-refractivity contribution >= 4 is 0 Å². The number of aliphatic hydroxyl groups excluding tert-OH is 1. The molecule has 0 bridgehead atoms. The van der Waals surface area contributed by atoms with Gasteiger partial charge in [0.1, 0.15) is 0 Å². The van der Waals surface area contributed by atoms with E-state index < -0.39 is 5.60 Å². The summed E-state index contributed by atoms with van der Waals surface area (Å²) >= 11 is 0. The SMILES string of the molecule is CCC[C@@]1(C)[C@H](CO)CC[C@@H]1[C@H](C)CCCC(C)(C)O. The molecule has 0 heterocycles. The summed E-state index contributed by atoms with van der Waals surface area (Å²) in [6.45, 7) is 11.2. The Kier molecular flexibility index (Phi) is 6.53. The van der Waals surface area contributed by atoms with Crippen LogP contribution in [0.4, 0.5) is 0 Å². The van der Waals surface area contributed by atoms with Crippen LogP contribution in [0.5, 0.6) is 0 Å². The van der Waals surface area contributed by atoms with E-state index in [1.54, 1.807) is 0 Å². The molecule has 4 atom stereocenters. The predicted octanol–water partition coefficient (Wildman–Crippen LogP) is 4.39. The quantitative estimate of drug-likeness (QED) is 0.694. The minimum Gasteiger partial charge on any atom is -0.396 e. The first-order valence-electron chi connectivity index (χ1n) is 8.58. The Morgan fingerprint density at radius 1 is 1.30 bits per heavy atom. The Labute approximate surface area is 126 Å². The lowest BCUT2D eigenvalue weighted by atomic mass is 9.66. The standard InChI is InChI=1S/C18H36O2/c1-6-11-18(5)15(13-19)9-10-16(18)14(2)8-7-12-17(3,4)20/h14-16,19-20H,6-13H2,1-5H3/t14-,15+,16-,18+/m1/s1. The smallest absolute Gasteiger partial charge is 0.0591 e. The highest BCUT2D eigenvalue weighted by Gasteiger charge is 2.46. The van der Waals surface area contributed by atoms with Gasteiger partial charge in [-0.3, -0.25) is 0 Å². The Hall–Kier alpha value is -0.0800. The van der Waals surface area contributed by atoms with Gasteiger partial charge in [-0.25, -0.2) is 0 Å². The zero-order valence-corrected chi connectivity index (χ0v) is 14.3. The fourth-order valence-corrected chi connectivity index (χ4v) is 4.56. The molecule has 120 valence electrons. The van der Waals surface area contributed by atoms with E-state index in [9.17, 15) is 10.2 Å². The van der Waals surface area contributed by atoms with Crippen LogP contribution >= 0.6 is 0 Å². The van der Waals surface area contributed by atoms with E-state index in [2.05, 4.69) is 20.8 Å². The summed E-state index contributed by atoms with van der Waals surface area (Å²) in [6.07, 6.45) is 8.09. The van der Waals surface area contributed by atoms with Crippen LogP contribution in [0, 0.1) is 23.2 Å². The molecule has 0 radical (unpaired) electrons. The van der Waals surface area contributed by atoms with Crippen molar-refractivity contribution in [3.63, 3.8) is 0 Å². The van der Waals surface area contributed by atoms with Gasteiger partial charge in [0.2, 0.25) is 0 Å². The monoisotopic (exact) mass is 284 g/mol. The van der Waals surface area contributed by atoms with Crippen LogP contribution in [0.1, 0.15) is 79.6 Å². The van der Waals surface area contributed by atoms with Crippen LogP contribution in [0.15, 0.2) is 0 Å². The molecule has 0 spiro atoms. The lowest BCUT2D eigenvalue weighted by molar-refractivity contribution is 0.0502. The summed E-state index contributed by atoms with van der Waals surface area (Å²) in [5, 5.41) is 19.5. The summed E-state index contributed by atoms with van der Waals surface area (Å²) < 4.78 is 0. The highest BCUT2D eigenvalue weighted by molar-refractivity contribution is 4.96. The second kappa shape index (κ2) is 7.26. The second-order valence-electron chi connectivity index (χ2n) is 8.00. The van der Waals surface area contributed by atoms with E-state index >= 15 is 0 Å². The van der Waals surface area contributed by atoms with Crippen molar-refractivity contribution in [2.75, 3.05) is 6.61 Å². The van der Waals surface area contributed by atoms with Crippen LogP contribution in [0.2, 0.25) is 0 Å². The average molecular weight is 284 g/mol. The molecule has 1 aliphatic carbocycles. The summed E-state index contributed by atoms with van der Waals surface area (Å²) in [4.78, 5) is 0. The maximum atomic E-state index is 9.83. The second-order valence-corrected chi connectivity index (χ2v) is 8.00. The minimum absolute atomic E-state index is 0.317. The molecule has 1 rings (SSSR count). The summed E-state index contributed by atoms with van der Waals surface area (Å²) in [5.41, 5.74) is -0.215. The zero-order valence-electron chi connectivity index (χ0n) is 14.3. The van der Waals surface area contributed by atoms with E-state index in [0.29, 0.717) is 23.9 Å². The van der Waals surface area contributed by atoms with Crippen LogP contribution in [0.25, 0.3) is 0 Å². The minimum atomic E-state index is -0.532. The molecule has 1 saturated carbocycles. The first-order chi connectivity index (χ1) is 9.24. The van der Waals surface area contributed by atoms with Gasteiger partial charge in [-0.05, 0) is 62.7 Å². The molecule has 0 aromatic rings. The summed E-state index contributed by atoms with van der Waals surface area (Å²) in [6, 6.07) is 0. The van der Waals surface area contributed by atoms with Crippen molar-refractivity contribution in [1.29, 1.82) is 0 Å². The van der Waals surface area contributed by atoms with Gasteiger partial charge in [0.15, 0.2) is 0 Å². The van der Waals surface area contributed by atoms with Gasteiger partial charge < -0.3 is 10.2 Å². The third-order valence-electron chi connectivity index (χ3n) is 5.75. The highest BCUT2D eigenvalue weighted by Crippen LogP contribution is 2.54. The molecule has 0 saturated heterocycles. The van der Waals surface area contributed by atoms with Crippen molar-refractivity contribution < 1.29 is 10.2 Å². The molecular weight excluding hydrogens is 248 g/mol. The number of rotatable bonds is 8. The molecule has 0 aromatic heterocycles. The molecule has 0 unspecified atom stereocenters. The van der Waals surface area contributed by atoms with Crippen molar-refractivity contribution in [3.05, 3.63) is 0 Å². The van der Waals surface area contributed by atoms with Crippen LogP contribution < -0.4 is 0 Å². The molecule has 2 N–H and O–H groups in total. The maximum Gasteiger partial charge on any atom is 0.0591 e. The lowest BCUT2D eigenvalue weighted by Gasteiger charge is -2.39. The Morgan fingerprint density at radius 2 is 1.95 bits per heavy atom. The third-order valence-corrected chi connectivity index (χ3v) is 5.75. The topological polar surface area (TPSA) is 40.5 Å². The van der Waals surface area contributed by atoms with Crippen LogP contribution in [-0.2, 0) is 0 Å². The predicted molar refractivity (Wildman–Crippen MR) is 85.6 cm³/mol. The van der Waals surface area contributed by atoms with Crippen LogP contribution in [0.3, 0.4) is 0 Å².